The number of carbonyl (C=O) groups excluding carboxylic acids is 2. The number of pyridine rings is 1. The van der Waals surface area contributed by atoms with Gasteiger partial charge in [-0.05, 0) is 48.7 Å². The molecule has 32 heavy (non-hydrogen) atoms. The lowest BCUT2D eigenvalue weighted by Gasteiger charge is -2.30. The zero-order valence-electron chi connectivity index (χ0n) is 16.7. The van der Waals surface area contributed by atoms with Crippen LogP contribution in [-0.2, 0) is 28.7 Å². The number of anilines is 1. The number of fused-ring (bicyclic) bond motifs is 1. The van der Waals surface area contributed by atoms with E-state index in [2.05, 4.69) is 15.6 Å². The molecule has 0 amide bonds. The molecule has 0 radical (unpaired) electrons. The van der Waals surface area contributed by atoms with Crippen molar-refractivity contribution in [2.45, 2.75) is 31.5 Å². The maximum absolute atomic E-state index is 12.9. The Labute approximate surface area is 186 Å². The number of rotatable bonds is 7. The molecule has 2 N–H and O–H groups in total. The van der Waals surface area contributed by atoms with Crippen LogP contribution in [0.1, 0.15) is 34.9 Å². The van der Waals surface area contributed by atoms with Crippen molar-refractivity contribution in [2.75, 3.05) is 18.4 Å². The van der Waals surface area contributed by atoms with Crippen molar-refractivity contribution < 1.29 is 33.0 Å². The zero-order chi connectivity index (χ0) is 23.5. The van der Waals surface area contributed by atoms with E-state index in [0.29, 0.717) is 34.8 Å². The van der Waals surface area contributed by atoms with Crippen molar-refractivity contribution in [1.82, 2.24) is 10.3 Å². The summed E-state index contributed by atoms with van der Waals surface area (Å²) in [6.07, 6.45) is -4.85. The number of alkyl halides is 3. The van der Waals surface area contributed by atoms with Gasteiger partial charge < -0.3 is 30.4 Å². The van der Waals surface area contributed by atoms with E-state index in [0.717, 1.165) is 6.07 Å². The van der Waals surface area contributed by atoms with E-state index in [1.807, 2.05) is 0 Å². The first-order valence-electron chi connectivity index (χ1n) is 9.77. The molecular formula is C21H19ClF3N3O4-2. The maximum atomic E-state index is 12.9. The third-order valence-corrected chi connectivity index (χ3v) is 5.65. The molecule has 0 bridgehead atoms. The van der Waals surface area contributed by atoms with Crippen LogP contribution in [0.5, 0.6) is 0 Å². The molecule has 1 aliphatic heterocycles. The monoisotopic (exact) mass is 469 g/mol. The fraction of sp³-hybridized carbons (Fsp3) is 0.381. The van der Waals surface area contributed by atoms with E-state index < -0.39 is 42.1 Å². The van der Waals surface area contributed by atoms with E-state index in [1.54, 1.807) is 6.07 Å². The molecule has 11 heteroatoms. The van der Waals surface area contributed by atoms with Crippen LogP contribution in [-0.4, -0.2) is 30.0 Å². The minimum Gasteiger partial charge on any atom is -0.550 e. The minimum absolute atomic E-state index is 0.0544. The van der Waals surface area contributed by atoms with Crippen LogP contribution in [0.15, 0.2) is 30.3 Å². The zero-order valence-corrected chi connectivity index (χ0v) is 17.4. The summed E-state index contributed by atoms with van der Waals surface area (Å²) in [6, 6.07) is 6.73. The Hall–Kier alpha value is -2.85. The van der Waals surface area contributed by atoms with Crippen molar-refractivity contribution in [2.24, 2.45) is 5.92 Å². The minimum atomic E-state index is -4.57. The van der Waals surface area contributed by atoms with Crippen LogP contribution in [0.3, 0.4) is 0 Å². The van der Waals surface area contributed by atoms with Gasteiger partial charge in [0.05, 0.1) is 22.9 Å². The van der Waals surface area contributed by atoms with Crippen molar-refractivity contribution in [3.8, 4) is 0 Å². The van der Waals surface area contributed by atoms with Gasteiger partial charge in [-0.2, -0.15) is 13.2 Å². The fourth-order valence-electron chi connectivity index (χ4n) is 3.87. The van der Waals surface area contributed by atoms with Crippen LogP contribution in [0.25, 0.3) is 0 Å². The summed E-state index contributed by atoms with van der Waals surface area (Å²) in [5, 5.41) is 29.1. The standard InChI is InChI=1S/C21H21ClF3N3O4/c22-16-5-4-12-13(6-7-26-10-15(12)14(20(31)32)8-18(29)30)19(16)27-9-11-2-1-3-17(28-11)21(23,24)25/h1-5,14-15,26-27H,6-10H2,(H,29,30)(H,31,32)/p-2. The molecule has 172 valence electrons. The third kappa shape index (κ3) is 5.49. The van der Waals surface area contributed by atoms with Crippen molar-refractivity contribution in [3.63, 3.8) is 0 Å². The summed E-state index contributed by atoms with van der Waals surface area (Å²) >= 11 is 6.34. The molecule has 0 fully saturated rings. The lowest BCUT2D eigenvalue weighted by Crippen LogP contribution is -2.41. The second-order valence-corrected chi connectivity index (χ2v) is 7.83. The lowest BCUT2D eigenvalue weighted by atomic mass is 9.81. The van der Waals surface area contributed by atoms with Gasteiger partial charge in [0.2, 0.25) is 0 Å². The van der Waals surface area contributed by atoms with Gasteiger partial charge in [0.1, 0.15) is 5.69 Å². The molecule has 0 aliphatic carbocycles. The average molecular weight is 470 g/mol. The smallest absolute Gasteiger partial charge is 0.433 e. The van der Waals surface area contributed by atoms with Crippen LogP contribution >= 0.6 is 11.6 Å². The topological polar surface area (TPSA) is 117 Å². The highest BCUT2D eigenvalue weighted by Crippen LogP contribution is 2.38. The number of nitrogens with one attached hydrogen (secondary N) is 2. The third-order valence-electron chi connectivity index (χ3n) is 5.33. The summed E-state index contributed by atoms with van der Waals surface area (Å²) in [7, 11) is 0. The van der Waals surface area contributed by atoms with Crippen molar-refractivity contribution in [1.29, 1.82) is 0 Å². The van der Waals surface area contributed by atoms with Crippen LogP contribution < -0.4 is 20.8 Å². The highest BCUT2D eigenvalue weighted by atomic mass is 35.5. The second-order valence-electron chi connectivity index (χ2n) is 7.42. The number of carbonyl (C=O) groups is 2. The Morgan fingerprint density at radius 3 is 2.66 bits per heavy atom. The van der Waals surface area contributed by atoms with E-state index in [4.69, 9.17) is 11.6 Å². The number of halogens is 4. The normalized spacial score (nSPS) is 17.2. The van der Waals surface area contributed by atoms with Gasteiger partial charge in [-0.3, -0.25) is 0 Å². The highest BCUT2D eigenvalue weighted by Gasteiger charge is 2.32. The number of hydrogen-bond acceptors (Lipinski definition) is 7. The Kier molecular flexibility index (Phi) is 7.25. The second kappa shape index (κ2) is 9.74. The molecule has 7 nitrogen and oxygen atoms in total. The lowest BCUT2D eigenvalue weighted by molar-refractivity contribution is -0.321. The summed E-state index contributed by atoms with van der Waals surface area (Å²) in [6.45, 7) is 0.613. The fourth-order valence-corrected chi connectivity index (χ4v) is 4.11. The summed E-state index contributed by atoms with van der Waals surface area (Å²) < 4.78 is 38.8. The van der Waals surface area contributed by atoms with E-state index in [-0.39, 0.29) is 18.8 Å². The summed E-state index contributed by atoms with van der Waals surface area (Å²) in [5.41, 5.74) is 0.792. The predicted octanol–water partition coefficient (Wildman–Crippen LogP) is 1.10. The van der Waals surface area contributed by atoms with E-state index in [1.165, 1.54) is 18.2 Å². The first-order chi connectivity index (χ1) is 15.1. The molecule has 1 aliphatic rings. The molecule has 2 heterocycles. The van der Waals surface area contributed by atoms with Gasteiger partial charge in [-0.15, -0.1) is 0 Å². The number of aromatic nitrogens is 1. The SMILES string of the molecule is O=C([O-])CC(C(=O)[O-])C1CNCCc2c1ccc(Cl)c2NCc1cccc(C(F)(F)F)n1. The number of hydrogen-bond donors (Lipinski definition) is 2. The Bertz CT molecular complexity index is 1020. The first-order valence-corrected chi connectivity index (χ1v) is 10.2. The molecule has 0 spiro atoms. The first kappa shape index (κ1) is 23.8. The van der Waals surface area contributed by atoms with Crippen molar-refractivity contribution >= 4 is 29.2 Å². The Morgan fingerprint density at radius 1 is 1.25 bits per heavy atom. The predicted molar refractivity (Wildman–Crippen MR) is 105 cm³/mol. The molecular weight excluding hydrogens is 451 g/mol. The van der Waals surface area contributed by atoms with Gasteiger partial charge >= 0.3 is 6.18 Å². The van der Waals surface area contributed by atoms with Crippen LogP contribution in [0.4, 0.5) is 18.9 Å². The highest BCUT2D eigenvalue weighted by molar-refractivity contribution is 6.33. The molecule has 2 unspecified atom stereocenters. The van der Waals surface area contributed by atoms with Gasteiger partial charge in [0.25, 0.3) is 0 Å². The van der Waals surface area contributed by atoms with Gasteiger partial charge in [-0.1, -0.05) is 23.7 Å². The molecule has 2 atom stereocenters. The van der Waals surface area contributed by atoms with Gasteiger partial charge in [0, 0.05) is 30.3 Å². The van der Waals surface area contributed by atoms with Crippen LogP contribution in [0, 0.1) is 5.92 Å². The maximum Gasteiger partial charge on any atom is 0.433 e. The van der Waals surface area contributed by atoms with E-state index >= 15 is 0 Å². The van der Waals surface area contributed by atoms with Gasteiger partial charge in [0.15, 0.2) is 0 Å². The quantitative estimate of drug-likeness (QED) is 0.623. The molecule has 1 aromatic carbocycles. The summed E-state index contributed by atoms with van der Waals surface area (Å²) in [4.78, 5) is 26.4. The van der Waals surface area contributed by atoms with Crippen LogP contribution in [0.2, 0.25) is 5.02 Å². The molecule has 1 aromatic heterocycles. The average Bonchev–Trinajstić information content (AvgIpc) is 2.93. The number of carboxylic acid groups (broad SMARTS) is 2. The number of nitrogens with zero attached hydrogens (tertiary/aromatic N) is 1. The Morgan fingerprint density at radius 2 is 2.00 bits per heavy atom. The largest absolute Gasteiger partial charge is 0.550 e. The Balaban J connectivity index is 1.94. The summed E-state index contributed by atoms with van der Waals surface area (Å²) in [5.74, 6) is -5.07. The number of aliphatic carboxylic acids is 2. The number of benzene rings is 1. The molecule has 0 saturated carbocycles. The molecule has 0 saturated heterocycles. The van der Waals surface area contributed by atoms with E-state index in [9.17, 15) is 33.0 Å². The van der Waals surface area contributed by atoms with Crippen molar-refractivity contribution in [3.05, 3.63) is 57.9 Å². The number of carboxylic acids is 2. The molecule has 3 rings (SSSR count). The molecule has 2 aromatic rings. The van der Waals surface area contributed by atoms with Gasteiger partial charge in [-0.25, -0.2) is 4.98 Å².